The van der Waals surface area contributed by atoms with Crippen molar-refractivity contribution in [1.82, 2.24) is 10.2 Å². The summed E-state index contributed by atoms with van der Waals surface area (Å²) in [7, 11) is 0. The van der Waals surface area contributed by atoms with Gasteiger partial charge in [-0.05, 0) is 61.3 Å². The van der Waals surface area contributed by atoms with E-state index in [4.69, 9.17) is 0 Å². The first-order chi connectivity index (χ1) is 13.2. The number of benzene rings is 1. The maximum atomic E-state index is 14.3. The molecular formula is C24H33FN2. The Morgan fingerprint density at radius 3 is 2.33 bits per heavy atom. The van der Waals surface area contributed by atoms with Gasteiger partial charge in [-0.2, -0.15) is 10.2 Å². The molecule has 1 heterocycles. The van der Waals surface area contributed by atoms with Gasteiger partial charge in [-0.25, -0.2) is 4.39 Å². The zero-order chi connectivity index (χ0) is 19.1. The second-order valence-corrected chi connectivity index (χ2v) is 8.15. The monoisotopic (exact) mass is 368 g/mol. The molecule has 0 saturated heterocycles. The summed E-state index contributed by atoms with van der Waals surface area (Å²) in [6.07, 6.45) is 12.0. The first-order valence-electron chi connectivity index (χ1n) is 10.8. The normalized spacial score (nSPS) is 20.0. The van der Waals surface area contributed by atoms with Crippen molar-refractivity contribution in [2.75, 3.05) is 0 Å². The smallest absolute Gasteiger partial charge is 0.127 e. The molecule has 0 atom stereocenters. The molecule has 1 aromatic carbocycles. The average Bonchev–Trinajstić information content (AvgIpc) is 2.72. The highest BCUT2D eigenvalue weighted by molar-refractivity contribution is 5.59. The molecule has 1 aliphatic rings. The van der Waals surface area contributed by atoms with Gasteiger partial charge in [0.25, 0.3) is 0 Å². The first-order valence-corrected chi connectivity index (χ1v) is 10.8. The second kappa shape index (κ2) is 9.96. The van der Waals surface area contributed by atoms with Crippen LogP contribution in [0.15, 0.2) is 30.3 Å². The number of hydrogen-bond acceptors (Lipinski definition) is 2. The fraction of sp³-hybridized carbons (Fsp3) is 0.583. The Morgan fingerprint density at radius 1 is 0.926 bits per heavy atom. The number of halogens is 1. The van der Waals surface area contributed by atoms with Crippen molar-refractivity contribution in [3.63, 3.8) is 0 Å². The summed E-state index contributed by atoms with van der Waals surface area (Å²) < 4.78 is 14.3. The van der Waals surface area contributed by atoms with Gasteiger partial charge in [-0.15, -0.1) is 0 Å². The number of aryl methyl sites for hydroxylation is 2. The van der Waals surface area contributed by atoms with E-state index in [9.17, 15) is 4.39 Å². The predicted molar refractivity (Wildman–Crippen MR) is 110 cm³/mol. The van der Waals surface area contributed by atoms with Crippen LogP contribution >= 0.6 is 0 Å². The Bertz CT molecular complexity index is 703. The standard InChI is InChI=1S/C24H33FN2/c1-3-5-6-20-12-13-21(17-23(20)25)24-16-15-22(26-27-24)14-11-19-9-7-18(4-2)8-10-19/h12-13,15-19H,3-11,14H2,1-2H3. The van der Waals surface area contributed by atoms with Gasteiger partial charge in [0, 0.05) is 5.56 Å². The molecule has 2 aromatic rings. The van der Waals surface area contributed by atoms with Crippen molar-refractivity contribution in [3.05, 3.63) is 47.4 Å². The minimum absolute atomic E-state index is 0.130. The van der Waals surface area contributed by atoms with Crippen molar-refractivity contribution in [1.29, 1.82) is 0 Å². The molecule has 0 bridgehead atoms. The highest BCUT2D eigenvalue weighted by Crippen LogP contribution is 2.33. The van der Waals surface area contributed by atoms with Crippen LogP contribution < -0.4 is 0 Å². The van der Waals surface area contributed by atoms with E-state index in [1.807, 2.05) is 18.2 Å². The van der Waals surface area contributed by atoms with Gasteiger partial charge in [0.05, 0.1) is 11.4 Å². The third-order valence-corrected chi connectivity index (χ3v) is 6.22. The number of nitrogens with zero attached hydrogens (tertiary/aromatic N) is 2. The third-order valence-electron chi connectivity index (χ3n) is 6.22. The molecule has 1 fully saturated rings. The van der Waals surface area contributed by atoms with Crippen LogP contribution in [0.4, 0.5) is 4.39 Å². The van der Waals surface area contributed by atoms with Gasteiger partial charge in [0.1, 0.15) is 5.82 Å². The number of hydrogen-bond donors (Lipinski definition) is 0. The fourth-order valence-electron chi connectivity index (χ4n) is 4.20. The predicted octanol–water partition coefficient (Wildman–Crippen LogP) is 6.77. The van der Waals surface area contributed by atoms with Gasteiger partial charge in [0.15, 0.2) is 0 Å². The van der Waals surface area contributed by atoms with Gasteiger partial charge in [-0.1, -0.05) is 64.5 Å². The molecule has 146 valence electrons. The molecular weight excluding hydrogens is 335 g/mol. The molecule has 0 aliphatic heterocycles. The fourth-order valence-corrected chi connectivity index (χ4v) is 4.20. The van der Waals surface area contributed by atoms with Crippen LogP contribution in [0.2, 0.25) is 0 Å². The van der Waals surface area contributed by atoms with Gasteiger partial charge in [0.2, 0.25) is 0 Å². The second-order valence-electron chi connectivity index (χ2n) is 8.15. The molecule has 2 nitrogen and oxygen atoms in total. The molecule has 0 spiro atoms. The van der Waals surface area contributed by atoms with Gasteiger partial charge in [-0.3, -0.25) is 0 Å². The summed E-state index contributed by atoms with van der Waals surface area (Å²) in [6, 6.07) is 9.49. The van der Waals surface area contributed by atoms with Crippen LogP contribution in [0.1, 0.15) is 76.5 Å². The lowest BCUT2D eigenvalue weighted by Crippen LogP contribution is -2.14. The minimum atomic E-state index is -0.130. The summed E-state index contributed by atoms with van der Waals surface area (Å²) in [4.78, 5) is 0. The van der Waals surface area contributed by atoms with Crippen LogP contribution in [0.5, 0.6) is 0 Å². The van der Waals surface area contributed by atoms with Crippen molar-refractivity contribution in [2.24, 2.45) is 11.8 Å². The van der Waals surface area contributed by atoms with Gasteiger partial charge < -0.3 is 0 Å². The molecule has 0 amide bonds. The van der Waals surface area contributed by atoms with Crippen molar-refractivity contribution in [3.8, 4) is 11.3 Å². The van der Waals surface area contributed by atoms with E-state index >= 15 is 0 Å². The van der Waals surface area contributed by atoms with Crippen LogP contribution in [0.25, 0.3) is 11.3 Å². The lowest BCUT2D eigenvalue weighted by atomic mass is 9.79. The summed E-state index contributed by atoms with van der Waals surface area (Å²) >= 11 is 0. The molecule has 3 heteroatoms. The van der Waals surface area contributed by atoms with Crippen molar-refractivity contribution < 1.29 is 4.39 Å². The highest BCUT2D eigenvalue weighted by Gasteiger charge is 2.19. The van der Waals surface area contributed by atoms with Crippen molar-refractivity contribution >= 4 is 0 Å². The van der Waals surface area contributed by atoms with E-state index in [0.717, 1.165) is 60.0 Å². The summed E-state index contributed by atoms with van der Waals surface area (Å²) in [5.41, 5.74) is 3.41. The molecule has 0 N–H and O–H groups in total. The maximum absolute atomic E-state index is 14.3. The van der Waals surface area contributed by atoms with E-state index in [2.05, 4.69) is 30.1 Å². The van der Waals surface area contributed by atoms with Crippen LogP contribution in [0.3, 0.4) is 0 Å². The lowest BCUT2D eigenvalue weighted by molar-refractivity contribution is 0.258. The zero-order valence-electron chi connectivity index (χ0n) is 16.9. The number of unbranched alkanes of at least 4 members (excludes halogenated alkanes) is 1. The van der Waals surface area contributed by atoms with E-state index in [-0.39, 0.29) is 5.82 Å². The molecule has 1 saturated carbocycles. The molecule has 0 radical (unpaired) electrons. The largest absolute Gasteiger partial charge is 0.207 e. The summed E-state index contributed by atoms with van der Waals surface area (Å²) in [5.74, 6) is 1.67. The number of rotatable bonds is 8. The quantitative estimate of drug-likeness (QED) is 0.513. The Hall–Kier alpha value is -1.77. The Labute approximate surface area is 163 Å². The Balaban J connectivity index is 1.55. The zero-order valence-corrected chi connectivity index (χ0v) is 16.9. The third kappa shape index (κ3) is 5.60. The molecule has 1 aromatic heterocycles. The van der Waals surface area contributed by atoms with Crippen LogP contribution in [-0.2, 0) is 12.8 Å². The molecule has 27 heavy (non-hydrogen) atoms. The summed E-state index contributed by atoms with van der Waals surface area (Å²) in [5, 5.41) is 8.75. The van der Waals surface area contributed by atoms with Crippen LogP contribution in [-0.4, -0.2) is 10.2 Å². The van der Waals surface area contributed by atoms with Crippen molar-refractivity contribution in [2.45, 2.75) is 78.1 Å². The first kappa shape index (κ1) is 20.0. The minimum Gasteiger partial charge on any atom is -0.207 e. The van der Waals surface area contributed by atoms with E-state index < -0.39 is 0 Å². The lowest BCUT2D eigenvalue weighted by Gasteiger charge is -2.27. The van der Waals surface area contributed by atoms with E-state index in [1.165, 1.54) is 38.5 Å². The van der Waals surface area contributed by atoms with E-state index in [0.29, 0.717) is 0 Å². The molecule has 3 rings (SSSR count). The summed E-state index contributed by atoms with van der Waals surface area (Å²) in [6.45, 7) is 4.44. The van der Waals surface area contributed by atoms with Gasteiger partial charge >= 0.3 is 0 Å². The van der Waals surface area contributed by atoms with Crippen LogP contribution in [0, 0.1) is 17.7 Å². The average molecular weight is 369 g/mol. The molecule has 1 aliphatic carbocycles. The molecule has 0 unspecified atom stereocenters. The topological polar surface area (TPSA) is 25.8 Å². The Kier molecular flexibility index (Phi) is 7.37. The van der Waals surface area contributed by atoms with E-state index in [1.54, 1.807) is 6.07 Å². The maximum Gasteiger partial charge on any atom is 0.127 e. The Morgan fingerprint density at radius 2 is 1.70 bits per heavy atom. The highest BCUT2D eigenvalue weighted by atomic mass is 19.1. The number of aromatic nitrogens is 2. The SMILES string of the molecule is CCCCc1ccc(-c2ccc(CCC3CCC(CC)CC3)nn2)cc1F.